The topological polar surface area (TPSA) is 96.0 Å². The number of sulfonamides is 1. The molecule has 0 bridgehead atoms. The minimum atomic E-state index is -3.76. The Kier molecular flexibility index (Phi) is 6.73. The molecule has 0 saturated carbocycles. The van der Waals surface area contributed by atoms with Crippen molar-refractivity contribution in [2.24, 2.45) is 0 Å². The normalized spacial score (nSPS) is 13.9. The van der Waals surface area contributed by atoms with Crippen LogP contribution in [0.5, 0.6) is 0 Å². The fourth-order valence-electron chi connectivity index (χ4n) is 3.19. The first-order chi connectivity index (χ1) is 14.4. The second-order valence-electron chi connectivity index (χ2n) is 6.76. The predicted octanol–water partition coefficient (Wildman–Crippen LogP) is 2.60. The van der Waals surface area contributed by atoms with Crippen LogP contribution in [0.3, 0.4) is 0 Å². The third-order valence-corrected chi connectivity index (χ3v) is 6.33. The molecule has 1 N–H and O–H groups in total. The fourth-order valence-corrected chi connectivity index (χ4v) is 4.21. The average molecular weight is 432 g/mol. The minimum Gasteiger partial charge on any atom is -0.447 e. The Bertz CT molecular complexity index is 1020. The number of carbonyl (C=O) groups excluding carboxylic acids is 2. The fraction of sp³-hybridized carbons (Fsp3) is 0.333. The second-order valence-corrected chi connectivity index (χ2v) is 8.53. The zero-order valence-electron chi connectivity index (χ0n) is 17.0. The third-order valence-electron chi connectivity index (χ3n) is 4.91. The largest absolute Gasteiger partial charge is 0.447 e. The molecule has 1 saturated heterocycles. The van der Waals surface area contributed by atoms with Crippen molar-refractivity contribution in [2.75, 3.05) is 31.1 Å². The molecule has 30 heavy (non-hydrogen) atoms. The van der Waals surface area contributed by atoms with Crippen molar-refractivity contribution in [1.82, 2.24) is 9.62 Å². The van der Waals surface area contributed by atoms with Crippen molar-refractivity contribution in [3.63, 3.8) is 0 Å². The van der Waals surface area contributed by atoms with Crippen LogP contribution in [0.15, 0.2) is 53.4 Å². The van der Waals surface area contributed by atoms with Crippen LogP contribution in [0.4, 0.5) is 10.5 Å². The zero-order valence-corrected chi connectivity index (χ0v) is 17.8. The van der Waals surface area contributed by atoms with Gasteiger partial charge in [-0.05, 0) is 55.8 Å². The maximum atomic E-state index is 12.6. The van der Waals surface area contributed by atoms with Crippen molar-refractivity contribution in [1.29, 1.82) is 0 Å². The summed E-state index contributed by atoms with van der Waals surface area (Å²) in [6.07, 6.45) is -0.410. The molecule has 0 atom stereocenters. The Morgan fingerprint density at radius 1 is 1.13 bits per heavy atom. The van der Waals surface area contributed by atoms with Crippen molar-refractivity contribution in [3.05, 3.63) is 59.7 Å². The molecule has 1 heterocycles. The van der Waals surface area contributed by atoms with Crippen LogP contribution < -0.4 is 9.62 Å². The Labute approximate surface area is 176 Å². The van der Waals surface area contributed by atoms with E-state index >= 15 is 0 Å². The molecule has 9 heteroatoms. The van der Waals surface area contributed by atoms with E-state index in [1.165, 1.54) is 29.2 Å². The zero-order chi connectivity index (χ0) is 21.7. The van der Waals surface area contributed by atoms with Gasteiger partial charge in [-0.15, -0.1) is 0 Å². The molecule has 1 aliphatic heterocycles. The van der Waals surface area contributed by atoms with Crippen molar-refractivity contribution < 1.29 is 22.7 Å². The SMILES string of the molecule is CCN(CC)C(=O)c1ccc(S(=O)(=O)NCc2cccc(N3CCOC3=O)c2)cc1. The van der Waals surface area contributed by atoms with Gasteiger partial charge in [-0.2, -0.15) is 0 Å². The molecule has 0 aliphatic carbocycles. The Morgan fingerprint density at radius 2 is 1.83 bits per heavy atom. The minimum absolute atomic E-state index is 0.0686. The summed E-state index contributed by atoms with van der Waals surface area (Å²) < 4.78 is 32.8. The highest BCUT2D eigenvalue weighted by atomic mass is 32.2. The highest BCUT2D eigenvalue weighted by molar-refractivity contribution is 7.89. The van der Waals surface area contributed by atoms with Crippen LogP contribution in [0, 0.1) is 0 Å². The van der Waals surface area contributed by atoms with Gasteiger partial charge in [-0.1, -0.05) is 12.1 Å². The lowest BCUT2D eigenvalue weighted by Gasteiger charge is -2.18. The number of nitrogens with zero attached hydrogens (tertiary/aromatic N) is 2. The van der Waals surface area contributed by atoms with Crippen LogP contribution in [0.25, 0.3) is 0 Å². The molecule has 3 rings (SSSR count). The number of carbonyl (C=O) groups is 2. The highest BCUT2D eigenvalue weighted by Gasteiger charge is 2.23. The van der Waals surface area contributed by atoms with E-state index in [9.17, 15) is 18.0 Å². The number of amides is 2. The molecular weight excluding hydrogens is 406 g/mol. The molecule has 0 radical (unpaired) electrons. The van der Waals surface area contributed by atoms with Gasteiger partial charge >= 0.3 is 6.09 Å². The molecule has 0 aromatic heterocycles. The highest BCUT2D eigenvalue weighted by Crippen LogP contribution is 2.20. The number of nitrogens with one attached hydrogen (secondary N) is 1. The lowest BCUT2D eigenvalue weighted by molar-refractivity contribution is 0.0773. The second kappa shape index (κ2) is 9.27. The Hall–Kier alpha value is -2.91. The first-order valence-electron chi connectivity index (χ1n) is 9.78. The molecular formula is C21H25N3O5S. The number of hydrogen-bond donors (Lipinski definition) is 1. The molecule has 2 aromatic carbocycles. The molecule has 160 valence electrons. The van der Waals surface area contributed by atoms with E-state index < -0.39 is 16.1 Å². The van der Waals surface area contributed by atoms with Gasteiger partial charge in [0, 0.05) is 30.9 Å². The van der Waals surface area contributed by atoms with E-state index in [2.05, 4.69) is 4.72 Å². The molecule has 1 fully saturated rings. The van der Waals surface area contributed by atoms with E-state index in [4.69, 9.17) is 4.74 Å². The summed E-state index contributed by atoms with van der Waals surface area (Å²) in [5.74, 6) is -0.130. The third kappa shape index (κ3) is 4.80. The van der Waals surface area contributed by atoms with Crippen molar-refractivity contribution >= 4 is 27.7 Å². The Balaban J connectivity index is 1.68. The van der Waals surface area contributed by atoms with Crippen LogP contribution in [-0.4, -0.2) is 51.6 Å². The van der Waals surface area contributed by atoms with Gasteiger partial charge in [0.05, 0.1) is 11.4 Å². The van der Waals surface area contributed by atoms with Crippen LogP contribution >= 0.6 is 0 Å². The number of rotatable bonds is 8. The summed E-state index contributed by atoms with van der Waals surface area (Å²) >= 11 is 0. The molecule has 0 unspecified atom stereocenters. The molecule has 0 spiro atoms. The van der Waals surface area contributed by atoms with E-state index in [-0.39, 0.29) is 17.3 Å². The number of cyclic esters (lactones) is 1. The lowest BCUT2D eigenvalue weighted by atomic mass is 10.2. The first-order valence-corrected chi connectivity index (χ1v) is 11.3. The van der Waals surface area contributed by atoms with Gasteiger partial charge in [0.15, 0.2) is 0 Å². The quantitative estimate of drug-likeness (QED) is 0.693. The number of ether oxygens (including phenoxy) is 1. The summed E-state index contributed by atoms with van der Waals surface area (Å²) in [5, 5.41) is 0. The van der Waals surface area contributed by atoms with Gasteiger partial charge in [-0.3, -0.25) is 9.69 Å². The number of anilines is 1. The number of hydrogen-bond acceptors (Lipinski definition) is 5. The molecule has 2 aromatic rings. The predicted molar refractivity (Wildman–Crippen MR) is 113 cm³/mol. The van der Waals surface area contributed by atoms with Gasteiger partial charge in [0.1, 0.15) is 6.61 Å². The van der Waals surface area contributed by atoms with E-state index in [0.29, 0.717) is 43.1 Å². The summed E-state index contributed by atoms with van der Waals surface area (Å²) in [6, 6.07) is 13.0. The van der Waals surface area contributed by atoms with Crippen molar-refractivity contribution in [2.45, 2.75) is 25.3 Å². The summed E-state index contributed by atoms with van der Waals surface area (Å²) in [6.45, 7) is 5.84. The van der Waals surface area contributed by atoms with Gasteiger partial charge in [-0.25, -0.2) is 17.9 Å². The van der Waals surface area contributed by atoms with E-state index in [0.717, 1.165) is 0 Å². The average Bonchev–Trinajstić information content (AvgIpc) is 3.19. The summed E-state index contributed by atoms with van der Waals surface area (Å²) in [7, 11) is -3.76. The first kappa shape index (κ1) is 21.8. The molecule has 2 amide bonds. The molecule has 1 aliphatic rings. The Morgan fingerprint density at radius 3 is 2.43 bits per heavy atom. The van der Waals surface area contributed by atoms with Crippen LogP contribution in [0.2, 0.25) is 0 Å². The smallest absolute Gasteiger partial charge is 0.414 e. The lowest BCUT2D eigenvalue weighted by Crippen LogP contribution is -2.30. The maximum absolute atomic E-state index is 12.6. The van der Waals surface area contributed by atoms with Gasteiger partial charge in [0.25, 0.3) is 5.91 Å². The van der Waals surface area contributed by atoms with E-state index in [1.54, 1.807) is 29.2 Å². The standard InChI is InChI=1S/C21H25N3O5S/c1-3-23(4-2)20(25)17-8-10-19(11-9-17)30(27,28)22-15-16-6-5-7-18(14-16)24-12-13-29-21(24)26/h5-11,14,22H,3-4,12-13,15H2,1-2H3. The maximum Gasteiger partial charge on any atom is 0.414 e. The van der Waals surface area contributed by atoms with E-state index in [1.807, 2.05) is 13.8 Å². The summed E-state index contributed by atoms with van der Waals surface area (Å²) in [4.78, 5) is 27.3. The summed E-state index contributed by atoms with van der Waals surface area (Å²) in [5.41, 5.74) is 1.82. The van der Waals surface area contributed by atoms with Gasteiger partial charge in [0.2, 0.25) is 10.0 Å². The monoisotopic (exact) mass is 431 g/mol. The van der Waals surface area contributed by atoms with Crippen LogP contribution in [0.1, 0.15) is 29.8 Å². The van der Waals surface area contributed by atoms with Crippen molar-refractivity contribution in [3.8, 4) is 0 Å². The number of benzene rings is 2. The van der Waals surface area contributed by atoms with Gasteiger partial charge < -0.3 is 9.64 Å². The molecule has 8 nitrogen and oxygen atoms in total. The van der Waals surface area contributed by atoms with Crippen LogP contribution in [-0.2, 0) is 21.3 Å².